The Labute approximate surface area is 235 Å². The smallest absolute Gasteiger partial charge is 0.331 e. The molecule has 1 aliphatic heterocycles. The second-order valence-electron chi connectivity index (χ2n) is 10.6. The van der Waals surface area contributed by atoms with Crippen LogP contribution >= 0.6 is 0 Å². The highest BCUT2D eigenvalue weighted by atomic mass is 19.1. The van der Waals surface area contributed by atoms with Gasteiger partial charge in [-0.2, -0.15) is 0 Å². The minimum atomic E-state index is -1.24. The molecule has 2 aromatic rings. The van der Waals surface area contributed by atoms with Crippen LogP contribution in [-0.2, 0) is 20.9 Å². The van der Waals surface area contributed by atoms with Gasteiger partial charge in [0.25, 0.3) is 5.91 Å². The van der Waals surface area contributed by atoms with Crippen LogP contribution < -0.4 is 15.0 Å². The fourth-order valence-electron chi connectivity index (χ4n) is 4.77. The summed E-state index contributed by atoms with van der Waals surface area (Å²) in [5, 5.41) is 12.6. The Balaban J connectivity index is 1.38. The number of esters is 1. The van der Waals surface area contributed by atoms with E-state index in [-0.39, 0.29) is 18.7 Å². The molecule has 1 aliphatic carbocycles. The topological polar surface area (TPSA) is 110 Å². The van der Waals surface area contributed by atoms with E-state index >= 15 is 0 Å². The van der Waals surface area contributed by atoms with E-state index in [1.54, 1.807) is 26.0 Å². The molecule has 0 bridgehead atoms. The molecule has 10 heteroatoms. The van der Waals surface area contributed by atoms with E-state index in [1.807, 2.05) is 35.2 Å². The van der Waals surface area contributed by atoms with E-state index in [0.717, 1.165) is 12.0 Å². The first-order valence-electron chi connectivity index (χ1n) is 14.1. The summed E-state index contributed by atoms with van der Waals surface area (Å²) in [4.78, 5) is 32.5. The molecule has 1 amide bonds. The molecule has 0 spiro atoms. The minimum absolute atomic E-state index is 0.0426. The van der Waals surface area contributed by atoms with Crippen molar-refractivity contribution in [3.8, 4) is 5.88 Å². The first-order chi connectivity index (χ1) is 19.4. The third kappa shape index (κ3) is 7.48. The number of aliphatic hydroxyl groups is 1. The molecule has 2 heterocycles. The number of hydrogen-bond acceptors (Lipinski definition) is 8. The van der Waals surface area contributed by atoms with Crippen molar-refractivity contribution < 1.29 is 33.3 Å². The van der Waals surface area contributed by atoms with E-state index in [4.69, 9.17) is 14.2 Å². The summed E-state index contributed by atoms with van der Waals surface area (Å²) >= 11 is 0. The van der Waals surface area contributed by atoms with E-state index in [0.29, 0.717) is 69.2 Å². The van der Waals surface area contributed by atoms with Crippen molar-refractivity contribution in [2.45, 2.75) is 57.8 Å². The maximum absolute atomic E-state index is 13.3. The molecule has 1 saturated carbocycles. The van der Waals surface area contributed by atoms with Crippen LogP contribution in [0.5, 0.6) is 5.88 Å². The summed E-state index contributed by atoms with van der Waals surface area (Å²) < 4.78 is 29.7. The summed E-state index contributed by atoms with van der Waals surface area (Å²) in [6.07, 6.45) is 1.31. The molecular weight excluding hydrogens is 517 g/mol. The van der Waals surface area contributed by atoms with Crippen LogP contribution in [0.3, 0.4) is 0 Å². The highest BCUT2D eigenvalue weighted by molar-refractivity contribution is 5.97. The van der Waals surface area contributed by atoms with Crippen LogP contribution in [0.15, 0.2) is 42.5 Å². The molecule has 9 nitrogen and oxygen atoms in total. The first-order valence-corrected chi connectivity index (χ1v) is 14.1. The van der Waals surface area contributed by atoms with Crippen LogP contribution in [0.4, 0.5) is 10.1 Å². The number of aromatic nitrogens is 1. The van der Waals surface area contributed by atoms with Gasteiger partial charge in [-0.1, -0.05) is 44.2 Å². The Morgan fingerprint density at radius 3 is 2.50 bits per heavy atom. The van der Waals surface area contributed by atoms with Gasteiger partial charge in [0.1, 0.15) is 16.9 Å². The standard InChI is InChI=1S/C30H40FN3O6/c1-3-30(4-2,29(37)39-14-8-13-31)33-27(36)25-11-12-26(34-16-24(35)17-34)28(32-25)40-20-23-15-22(23)19-38-18-21-9-6-5-7-10-21/h5-7,9-12,22-24,35H,3-4,8,13-20H2,1-2H3,(H,33,36)/t22-,23-/m0/s1. The molecule has 218 valence electrons. The summed E-state index contributed by atoms with van der Waals surface area (Å²) in [5.41, 5.74) is 0.723. The van der Waals surface area contributed by atoms with Gasteiger partial charge in [-0.15, -0.1) is 0 Å². The fraction of sp³-hybridized carbons (Fsp3) is 0.567. The van der Waals surface area contributed by atoms with Crippen molar-refractivity contribution in [1.82, 2.24) is 10.3 Å². The fourth-order valence-corrected chi connectivity index (χ4v) is 4.77. The lowest BCUT2D eigenvalue weighted by Gasteiger charge is -2.38. The number of hydrogen-bond donors (Lipinski definition) is 2. The van der Waals surface area contributed by atoms with Gasteiger partial charge in [0.2, 0.25) is 5.88 Å². The number of nitrogens with zero attached hydrogens (tertiary/aromatic N) is 2. The Morgan fingerprint density at radius 1 is 1.10 bits per heavy atom. The number of amides is 1. The predicted octanol–water partition coefficient (Wildman–Crippen LogP) is 3.69. The molecule has 2 fully saturated rings. The number of halogens is 1. The highest BCUT2D eigenvalue weighted by Crippen LogP contribution is 2.40. The van der Waals surface area contributed by atoms with Crippen molar-refractivity contribution in [3.63, 3.8) is 0 Å². The van der Waals surface area contributed by atoms with E-state index in [9.17, 15) is 19.1 Å². The van der Waals surface area contributed by atoms with Gasteiger partial charge in [-0.05, 0) is 48.8 Å². The molecule has 2 N–H and O–H groups in total. The van der Waals surface area contributed by atoms with Crippen molar-refractivity contribution in [1.29, 1.82) is 0 Å². The zero-order valence-corrected chi connectivity index (χ0v) is 23.3. The van der Waals surface area contributed by atoms with Crippen LogP contribution in [0.1, 0.15) is 55.6 Å². The van der Waals surface area contributed by atoms with Gasteiger partial charge in [-0.3, -0.25) is 9.18 Å². The zero-order valence-electron chi connectivity index (χ0n) is 23.3. The number of benzene rings is 1. The van der Waals surface area contributed by atoms with Crippen LogP contribution in [-0.4, -0.2) is 73.2 Å². The molecular formula is C30H40FN3O6. The summed E-state index contributed by atoms with van der Waals surface area (Å²) in [5.74, 6) is -0.0556. The highest BCUT2D eigenvalue weighted by Gasteiger charge is 2.40. The van der Waals surface area contributed by atoms with Crippen LogP contribution in [0, 0.1) is 11.8 Å². The number of carbonyl (C=O) groups is 2. The maximum atomic E-state index is 13.3. The molecule has 1 aromatic carbocycles. The van der Waals surface area contributed by atoms with E-state index in [2.05, 4.69) is 10.3 Å². The number of ether oxygens (including phenoxy) is 3. The van der Waals surface area contributed by atoms with Crippen LogP contribution in [0.25, 0.3) is 0 Å². The number of pyridine rings is 1. The average Bonchev–Trinajstić information content (AvgIpc) is 3.71. The van der Waals surface area contributed by atoms with Gasteiger partial charge in [0, 0.05) is 19.5 Å². The second-order valence-corrected chi connectivity index (χ2v) is 10.6. The lowest BCUT2D eigenvalue weighted by Crippen LogP contribution is -2.54. The third-order valence-corrected chi connectivity index (χ3v) is 7.68. The molecule has 2 aliphatic rings. The van der Waals surface area contributed by atoms with Crippen molar-refractivity contribution in [3.05, 3.63) is 53.7 Å². The number of anilines is 1. The Kier molecular flexibility index (Phi) is 10.3. The quantitative estimate of drug-likeness (QED) is 0.238. The normalized spacial score (nSPS) is 18.6. The summed E-state index contributed by atoms with van der Waals surface area (Å²) in [6.45, 7) is 5.54. The predicted molar refractivity (Wildman–Crippen MR) is 148 cm³/mol. The molecule has 1 saturated heterocycles. The SMILES string of the molecule is CCC(CC)(NC(=O)c1ccc(N2CC(O)C2)c(OC[C@@H]2C[C@H]2COCc2ccccc2)n1)C(=O)OCCCF. The van der Waals surface area contributed by atoms with Crippen molar-refractivity contribution >= 4 is 17.6 Å². The maximum Gasteiger partial charge on any atom is 0.331 e. The molecule has 0 radical (unpaired) electrons. The van der Waals surface area contributed by atoms with Crippen molar-refractivity contribution in [2.75, 3.05) is 44.5 Å². The lowest BCUT2D eigenvalue weighted by molar-refractivity contribution is -0.152. The Hall–Kier alpha value is -3.24. The van der Waals surface area contributed by atoms with Gasteiger partial charge in [-0.25, -0.2) is 9.78 Å². The van der Waals surface area contributed by atoms with Crippen molar-refractivity contribution in [2.24, 2.45) is 11.8 Å². The third-order valence-electron chi connectivity index (χ3n) is 7.68. The summed E-state index contributed by atoms with van der Waals surface area (Å²) in [6, 6.07) is 13.4. The zero-order chi connectivity index (χ0) is 28.5. The number of carbonyl (C=O) groups excluding carboxylic acids is 2. The molecule has 40 heavy (non-hydrogen) atoms. The number of alkyl halides is 1. The number of nitrogens with one attached hydrogen (secondary N) is 1. The first kappa shape index (κ1) is 29.7. The minimum Gasteiger partial charge on any atom is -0.476 e. The number of β-amino-alcohol motifs (C(OH)–C–C–N with tert-alkyl or cyclic N) is 1. The van der Waals surface area contributed by atoms with Gasteiger partial charge < -0.3 is 29.5 Å². The van der Waals surface area contributed by atoms with Crippen LogP contribution in [0.2, 0.25) is 0 Å². The Bertz CT molecular complexity index is 1120. The largest absolute Gasteiger partial charge is 0.476 e. The van der Waals surface area contributed by atoms with E-state index < -0.39 is 30.2 Å². The lowest BCUT2D eigenvalue weighted by atomic mass is 9.92. The van der Waals surface area contributed by atoms with Gasteiger partial charge in [0.05, 0.1) is 39.2 Å². The molecule has 2 atom stereocenters. The number of aliphatic hydroxyl groups excluding tert-OH is 1. The number of rotatable bonds is 16. The van der Waals surface area contributed by atoms with E-state index in [1.165, 1.54) is 0 Å². The van der Waals surface area contributed by atoms with Gasteiger partial charge >= 0.3 is 5.97 Å². The summed E-state index contributed by atoms with van der Waals surface area (Å²) in [7, 11) is 0. The average molecular weight is 558 g/mol. The monoisotopic (exact) mass is 557 g/mol. The molecule has 1 aromatic heterocycles. The molecule has 0 unspecified atom stereocenters. The molecule has 4 rings (SSSR count). The second kappa shape index (κ2) is 13.9. The Morgan fingerprint density at radius 2 is 1.82 bits per heavy atom. The van der Waals surface area contributed by atoms with Gasteiger partial charge in [0.15, 0.2) is 0 Å².